The lowest BCUT2D eigenvalue weighted by Gasteiger charge is -2.13. The van der Waals surface area contributed by atoms with Crippen molar-refractivity contribution in [2.75, 3.05) is 52.0 Å². The minimum atomic E-state index is 0.494. The number of hydrogen-bond acceptors (Lipinski definition) is 7. The number of ether oxygens (including phenoxy) is 2. The Labute approximate surface area is 156 Å². The fourth-order valence-electron chi connectivity index (χ4n) is 2.16. The van der Waals surface area contributed by atoms with Gasteiger partial charge in [-0.15, -0.1) is 0 Å². The van der Waals surface area contributed by atoms with Crippen molar-refractivity contribution in [3.05, 3.63) is 28.9 Å². The summed E-state index contributed by atoms with van der Waals surface area (Å²) in [4.78, 5) is 11.0. The zero-order valence-corrected chi connectivity index (χ0v) is 16.6. The number of methoxy groups -OCH3 is 2. The normalized spacial score (nSPS) is 10.6. The summed E-state index contributed by atoms with van der Waals surface area (Å²) in [6, 6.07) is 5.53. The monoisotopic (exact) mass is 409 g/mol. The van der Waals surface area contributed by atoms with Crippen LogP contribution in [0.5, 0.6) is 11.5 Å². The van der Waals surface area contributed by atoms with Crippen LogP contribution in [0.2, 0.25) is 0 Å². The van der Waals surface area contributed by atoms with E-state index in [1.807, 2.05) is 18.2 Å². The van der Waals surface area contributed by atoms with Crippen LogP contribution in [0.3, 0.4) is 0 Å². The van der Waals surface area contributed by atoms with Crippen molar-refractivity contribution in [1.29, 1.82) is 0 Å². The summed E-state index contributed by atoms with van der Waals surface area (Å²) in [5.41, 5.74) is 0.789. The molecular formula is C17H24BrN5O2. The van der Waals surface area contributed by atoms with Crippen LogP contribution in [0.25, 0.3) is 0 Å². The average molecular weight is 410 g/mol. The quantitative estimate of drug-likeness (QED) is 0.615. The number of hydrogen-bond donors (Lipinski definition) is 2. The first-order chi connectivity index (χ1) is 12.0. The molecule has 136 valence electrons. The molecule has 0 unspecified atom stereocenters. The van der Waals surface area contributed by atoms with Gasteiger partial charge in [0.2, 0.25) is 5.95 Å². The zero-order chi connectivity index (χ0) is 18.2. The molecule has 1 heterocycles. The fraction of sp³-hybridized carbons (Fsp3) is 0.412. The molecule has 0 aliphatic heterocycles. The molecule has 0 saturated heterocycles. The van der Waals surface area contributed by atoms with Gasteiger partial charge in [0.1, 0.15) is 17.3 Å². The van der Waals surface area contributed by atoms with E-state index in [1.54, 1.807) is 20.4 Å². The lowest BCUT2D eigenvalue weighted by atomic mass is 10.3. The van der Waals surface area contributed by atoms with E-state index >= 15 is 0 Å². The molecule has 7 nitrogen and oxygen atoms in total. The van der Waals surface area contributed by atoms with Crippen molar-refractivity contribution < 1.29 is 9.47 Å². The average Bonchev–Trinajstić information content (AvgIpc) is 2.60. The third kappa shape index (κ3) is 6.06. The number of aromatic nitrogens is 2. The highest BCUT2D eigenvalue weighted by Gasteiger charge is 2.07. The summed E-state index contributed by atoms with van der Waals surface area (Å²) in [7, 11) is 7.35. The Bertz CT molecular complexity index is 674. The first kappa shape index (κ1) is 19.3. The maximum atomic E-state index is 5.28. The highest BCUT2D eigenvalue weighted by Crippen LogP contribution is 2.28. The Morgan fingerprint density at radius 2 is 1.80 bits per heavy atom. The molecule has 1 aromatic heterocycles. The molecule has 25 heavy (non-hydrogen) atoms. The number of nitrogens with one attached hydrogen (secondary N) is 2. The van der Waals surface area contributed by atoms with E-state index in [4.69, 9.17) is 9.47 Å². The van der Waals surface area contributed by atoms with Crippen LogP contribution < -0.4 is 20.1 Å². The van der Waals surface area contributed by atoms with Gasteiger partial charge in [-0.2, -0.15) is 4.98 Å². The molecule has 2 aromatic rings. The molecule has 0 spiro atoms. The molecule has 0 saturated carbocycles. The molecule has 0 fully saturated rings. The molecule has 0 radical (unpaired) electrons. The molecule has 8 heteroatoms. The van der Waals surface area contributed by atoms with Crippen molar-refractivity contribution >= 4 is 33.4 Å². The van der Waals surface area contributed by atoms with Crippen molar-refractivity contribution in [1.82, 2.24) is 14.9 Å². The second kappa shape index (κ2) is 9.43. The molecule has 2 N–H and O–H groups in total. The van der Waals surface area contributed by atoms with Gasteiger partial charge in [0, 0.05) is 36.6 Å². The lowest BCUT2D eigenvalue weighted by Crippen LogP contribution is -2.17. The molecule has 0 amide bonds. The summed E-state index contributed by atoms with van der Waals surface area (Å²) >= 11 is 3.48. The Morgan fingerprint density at radius 3 is 2.40 bits per heavy atom. The summed E-state index contributed by atoms with van der Waals surface area (Å²) in [5.74, 6) is 2.64. The van der Waals surface area contributed by atoms with E-state index in [0.717, 1.165) is 35.5 Å². The van der Waals surface area contributed by atoms with E-state index in [2.05, 4.69) is 55.5 Å². The Kier molecular flexibility index (Phi) is 7.27. The predicted octanol–water partition coefficient (Wildman–Crippen LogP) is 3.36. The standard InChI is InChI=1S/C17H24BrN5O2/c1-23(2)7-5-6-19-16-15(18)11-20-17(22-16)21-12-8-13(24-3)10-14(9-12)25-4/h8-11H,5-7H2,1-4H3,(H2,19,20,21,22). The van der Waals surface area contributed by atoms with E-state index in [-0.39, 0.29) is 0 Å². The van der Waals surface area contributed by atoms with Gasteiger partial charge in [-0.3, -0.25) is 0 Å². The van der Waals surface area contributed by atoms with Crippen LogP contribution in [0, 0.1) is 0 Å². The van der Waals surface area contributed by atoms with Gasteiger partial charge in [0.15, 0.2) is 0 Å². The Morgan fingerprint density at radius 1 is 1.12 bits per heavy atom. The van der Waals surface area contributed by atoms with Gasteiger partial charge in [-0.05, 0) is 43.0 Å². The van der Waals surface area contributed by atoms with Crippen molar-refractivity contribution in [2.45, 2.75) is 6.42 Å². The molecule has 2 rings (SSSR count). The van der Waals surface area contributed by atoms with Gasteiger partial charge < -0.3 is 25.0 Å². The van der Waals surface area contributed by atoms with E-state index in [9.17, 15) is 0 Å². The van der Waals surface area contributed by atoms with E-state index in [1.165, 1.54) is 0 Å². The minimum Gasteiger partial charge on any atom is -0.497 e. The van der Waals surface area contributed by atoms with Crippen LogP contribution >= 0.6 is 15.9 Å². The van der Waals surface area contributed by atoms with E-state index < -0.39 is 0 Å². The minimum absolute atomic E-state index is 0.494. The first-order valence-corrected chi connectivity index (χ1v) is 8.72. The maximum Gasteiger partial charge on any atom is 0.229 e. The Hall–Kier alpha value is -2.06. The highest BCUT2D eigenvalue weighted by atomic mass is 79.9. The summed E-state index contributed by atoms with van der Waals surface area (Å²) in [6.07, 6.45) is 2.75. The molecule has 0 atom stereocenters. The van der Waals surface area contributed by atoms with Crippen molar-refractivity contribution in [3.8, 4) is 11.5 Å². The number of rotatable bonds is 9. The number of halogens is 1. The molecule has 1 aromatic carbocycles. The fourth-order valence-corrected chi connectivity index (χ4v) is 2.49. The predicted molar refractivity (Wildman–Crippen MR) is 104 cm³/mol. The van der Waals surface area contributed by atoms with Gasteiger partial charge in [0.25, 0.3) is 0 Å². The summed E-state index contributed by atoms with van der Waals surface area (Å²) < 4.78 is 11.4. The zero-order valence-electron chi connectivity index (χ0n) is 15.0. The SMILES string of the molecule is COc1cc(Nc2ncc(Br)c(NCCCN(C)C)n2)cc(OC)c1. The van der Waals surface area contributed by atoms with Crippen LogP contribution in [0.4, 0.5) is 17.5 Å². The van der Waals surface area contributed by atoms with Crippen LogP contribution in [-0.4, -0.2) is 56.3 Å². The number of nitrogens with zero attached hydrogens (tertiary/aromatic N) is 3. The Balaban J connectivity index is 2.08. The molecule has 0 bridgehead atoms. The van der Waals surface area contributed by atoms with Gasteiger partial charge in [0.05, 0.1) is 18.7 Å². The second-order valence-electron chi connectivity index (χ2n) is 5.70. The smallest absolute Gasteiger partial charge is 0.229 e. The first-order valence-electron chi connectivity index (χ1n) is 7.93. The van der Waals surface area contributed by atoms with Crippen LogP contribution in [0.15, 0.2) is 28.9 Å². The summed E-state index contributed by atoms with van der Waals surface area (Å²) in [6.45, 7) is 1.85. The van der Waals surface area contributed by atoms with E-state index in [0.29, 0.717) is 17.4 Å². The van der Waals surface area contributed by atoms with Gasteiger partial charge in [-0.1, -0.05) is 0 Å². The van der Waals surface area contributed by atoms with Crippen LogP contribution in [-0.2, 0) is 0 Å². The molecule has 0 aliphatic rings. The van der Waals surface area contributed by atoms with Gasteiger partial charge in [-0.25, -0.2) is 4.98 Å². The largest absolute Gasteiger partial charge is 0.497 e. The van der Waals surface area contributed by atoms with Gasteiger partial charge >= 0.3 is 0 Å². The number of benzene rings is 1. The third-order valence-corrected chi connectivity index (χ3v) is 4.01. The molecular weight excluding hydrogens is 386 g/mol. The maximum absolute atomic E-state index is 5.28. The van der Waals surface area contributed by atoms with Crippen molar-refractivity contribution in [3.63, 3.8) is 0 Å². The molecule has 0 aliphatic carbocycles. The summed E-state index contributed by atoms with van der Waals surface area (Å²) in [5, 5.41) is 6.50. The highest BCUT2D eigenvalue weighted by molar-refractivity contribution is 9.10. The second-order valence-corrected chi connectivity index (χ2v) is 6.55. The third-order valence-electron chi connectivity index (χ3n) is 3.43. The number of anilines is 3. The van der Waals surface area contributed by atoms with Crippen molar-refractivity contribution in [2.24, 2.45) is 0 Å². The lowest BCUT2D eigenvalue weighted by molar-refractivity contribution is 0.395. The topological polar surface area (TPSA) is 71.5 Å². The van der Waals surface area contributed by atoms with Crippen LogP contribution in [0.1, 0.15) is 6.42 Å².